The molecule has 2 aromatic carbocycles. The number of nitrogens with one attached hydrogen (secondary N) is 1. The van der Waals surface area contributed by atoms with Gasteiger partial charge in [-0.1, -0.05) is 6.07 Å². The molecular weight excluding hydrogens is 276 g/mol. The molecular formula is C14H16N2O3S. The van der Waals surface area contributed by atoms with Crippen molar-refractivity contribution in [2.45, 2.75) is 11.8 Å². The zero-order chi connectivity index (χ0) is 14.8. The molecule has 2 rings (SSSR count). The third-order valence-electron chi connectivity index (χ3n) is 2.81. The van der Waals surface area contributed by atoms with E-state index in [1.165, 1.54) is 13.2 Å². The van der Waals surface area contributed by atoms with Gasteiger partial charge in [0.05, 0.1) is 17.7 Å². The van der Waals surface area contributed by atoms with Gasteiger partial charge in [-0.25, -0.2) is 8.42 Å². The van der Waals surface area contributed by atoms with Crippen molar-refractivity contribution in [2.24, 2.45) is 0 Å². The summed E-state index contributed by atoms with van der Waals surface area (Å²) < 4.78 is 32.3. The maximum Gasteiger partial charge on any atom is 0.262 e. The molecule has 0 saturated carbocycles. The first kappa shape index (κ1) is 14.2. The minimum Gasteiger partial charge on any atom is -0.497 e. The molecule has 0 amide bonds. The lowest BCUT2D eigenvalue weighted by molar-refractivity contribution is 0.415. The van der Waals surface area contributed by atoms with Crippen LogP contribution in [-0.2, 0) is 10.0 Å². The molecule has 20 heavy (non-hydrogen) atoms. The van der Waals surface area contributed by atoms with E-state index in [0.717, 1.165) is 0 Å². The number of hydrogen-bond donors (Lipinski definition) is 2. The molecule has 0 bridgehead atoms. The van der Waals surface area contributed by atoms with E-state index in [1.807, 2.05) is 0 Å². The number of rotatable bonds is 4. The van der Waals surface area contributed by atoms with Gasteiger partial charge in [-0.2, -0.15) is 0 Å². The summed E-state index contributed by atoms with van der Waals surface area (Å²) in [5.41, 5.74) is 7.20. The van der Waals surface area contributed by atoms with E-state index in [4.69, 9.17) is 10.5 Å². The normalized spacial score (nSPS) is 11.1. The van der Waals surface area contributed by atoms with Gasteiger partial charge in [0, 0.05) is 11.8 Å². The predicted molar refractivity (Wildman–Crippen MR) is 79.4 cm³/mol. The van der Waals surface area contributed by atoms with E-state index >= 15 is 0 Å². The Morgan fingerprint density at radius 3 is 2.55 bits per heavy atom. The predicted octanol–water partition coefficient (Wildman–Crippen LogP) is 2.39. The van der Waals surface area contributed by atoms with E-state index in [-0.39, 0.29) is 4.90 Å². The fourth-order valence-corrected chi connectivity index (χ4v) is 3.15. The van der Waals surface area contributed by atoms with Crippen LogP contribution in [0.4, 0.5) is 11.4 Å². The summed E-state index contributed by atoms with van der Waals surface area (Å²) in [5, 5.41) is 0. The summed E-state index contributed by atoms with van der Waals surface area (Å²) in [6.07, 6.45) is 0. The largest absolute Gasteiger partial charge is 0.497 e. The minimum absolute atomic E-state index is 0.203. The van der Waals surface area contributed by atoms with Crippen molar-refractivity contribution in [1.29, 1.82) is 0 Å². The first-order valence-electron chi connectivity index (χ1n) is 5.95. The smallest absolute Gasteiger partial charge is 0.262 e. The Morgan fingerprint density at radius 1 is 1.15 bits per heavy atom. The van der Waals surface area contributed by atoms with Gasteiger partial charge in [0.25, 0.3) is 10.0 Å². The van der Waals surface area contributed by atoms with Gasteiger partial charge in [-0.15, -0.1) is 0 Å². The number of nitrogen functional groups attached to an aromatic ring is 1. The molecule has 6 heteroatoms. The number of methoxy groups -OCH3 is 1. The fraction of sp³-hybridized carbons (Fsp3) is 0.143. The molecule has 0 aliphatic heterocycles. The zero-order valence-electron chi connectivity index (χ0n) is 11.3. The van der Waals surface area contributed by atoms with Crippen LogP contribution < -0.4 is 15.2 Å². The number of nitrogens with two attached hydrogens (primary N) is 1. The molecule has 0 radical (unpaired) electrons. The monoisotopic (exact) mass is 292 g/mol. The standard InChI is InChI=1S/C14H16N2O3S/c1-10-8-11(15)6-7-14(10)20(17,18)16-12-4-3-5-13(9-12)19-2/h3-9,16H,15H2,1-2H3. The second-order valence-electron chi connectivity index (χ2n) is 4.36. The van der Waals surface area contributed by atoms with E-state index in [0.29, 0.717) is 22.7 Å². The van der Waals surface area contributed by atoms with Gasteiger partial charge in [0.15, 0.2) is 0 Å². The van der Waals surface area contributed by atoms with Gasteiger partial charge in [-0.05, 0) is 42.8 Å². The minimum atomic E-state index is -3.65. The lowest BCUT2D eigenvalue weighted by Crippen LogP contribution is -2.14. The van der Waals surface area contributed by atoms with Crippen molar-refractivity contribution in [3.8, 4) is 5.75 Å². The first-order valence-corrected chi connectivity index (χ1v) is 7.44. The molecule has 3 N–H and O–H groups in total. The van der Waals surface area contributed by atoms with Crippen LogP contribution in [0, 0.1) is 6.92 Å². The van der Waals surface area contributed by atoms with Crippen LogP contribution in [0.5, 0.6) is 5.75 Å². The Hall–Kier alpha value is -2.21. The lowest BCUT2D eigenvalue weighted by atomic mass is 10.2. The summed E-state index contributed by atoms with van der Waals surface area (Å²) in [4.78, 5) is 0.203. The molecule has 0 aliphatic carbocycles. The number of benzene rings is 2. The maximum absolute atomic E-state index is 12.3. The third-order valence-corrected chi connectivity index (χ3v) is 4.35. The van der Waals surface area contributed by atoms with Gasteiger partial charge < -0.3 is 10.5 Å². The van der Waals surface area contributed by atoms with E-state index < -0.39 is 10.0 Å². The Bertz CT molecular complexity index is 727. The van der Waals surface area contributed by atoms with Crippen molar-refractivity contribution in [2.75, 3.05) is 17.6 Å². The van der Waals surface area contributed by atoms with Crippen molar-refractivity contribution in [3.63, 3.8) is 0 Å². The molecule has 5 nitrogen and oxygen atoms in total. The van der Waals surface area contributed by atoms with Gasteiger partial charge in [0.2, 0.25) is 0 Å². The van der Waals surface area contributed by atoms with Crippen molar-refractivity contribution < 1.29 is 13.2 Å². The second kappa shape index (κ2) is 5.42. The lowest BCUT2D eigenvalue weighted by Gasteiger charge is -2.11. The van der Waals surface area contributed by atoms with E-state index in [2.05, 4.69) is 4.72 Å². The van der Waals surface area contributed by atoms with Crippen LogP contribution in [0.25, 0.3) is 0 Å². The molecule has 0 unspecified atom stereocenters. The average molecular weight is 292 g/mol. The van der Waals surface area contributed by atoms with Crippen molar-refractivity contribution in [1.82, 2.24) is 0 Å². The highest BCUT2D eigenvalue weighted by Crippen LogP contribution is 2.23. The Morgan fingerprint density at radius 2 is 1.90 bits per heavy atom. The Labute approximate surface area is 118 Å². The van der Waals surface area contributed by atoms with E-state index in [1.54, 1.807) is 43.3 Å². The molecule has 0 heterocycles. The molecule has 0 atom stereocenters. The molecule has 106 valence electrons. The highest BCUT2D eigenvalue weighted by atomic mass is 32.2. The highest BCUT2D eigenvalue weighted by molar-refractivity contribution is 7.92. The summed E-state index contributed by atoms with van der Waals surface area (Å²) in [6, 6.07) is 11.4. The molecule has 0 saturated heterocycles. The summed E-state index contributed by atoms with van der Waals surface area (Å²) in [7, 11) is -2.12. The number of sulfonamides is 1. The summed E-state index contributed by atoms with van der Waals surface area (Å²) in [5.74, 6) is 0.583. The molecule has 2 aromatic rings. The van der Waals surface area contributed by atoms with Crippen LogP contribution in [-0.4, -0.2) is 15.5 Å². The number of hydrogen-bond acceptors (Lipinski definition) is 4. The number of anilines is 2. The average Bonchev–Trinajstić information content (AvgIpc) is 2.37. The van der Waals surface area contributed by atoms with Crippen LogP contribution in [0.2, 0.25) is 0 Å². The van der Waals surface area contributed by atoms with Crippen molar-refractivity contribution in [3.05, 3.63) is 48.0 Å². The van der Waals surface area contributed by atoms with Gasteiger partial charge >= 0.3 is 0 Å². The highest BCUT2D eigenvalue weighted by Gasteiger charge is 2.17. The molecule has 0 aromatic heterocycles. The quantitative estimate of drug-likeness (QED) is 0.848. The Kier molecular flexibility index (Phi) is 3.85. The first-order chi connectivity index (χ1) is 9.42. The summed E-state index contributed by atoms with van der Waals surface area (Å²) >= 11 is 0. The van der Waals surface area contributed by atoms with Crippen LogP contribution in [0.15, 0.2) is 47.4 Å². The number of aryl methyl sites for hydroxylation is 1. The van der Waals surface area contributed by atoms with Crippen LogP contribution >= 0.6 is 0 Å². The fourth-order valence-electron chi connectivity index (χ4n) is 1.87. The molecule has 0 fully saturated rings. The zero-order valence-corrected chi connectivity index (χ0v) is 12.1. The van der Waals surface area contributed by atoms with Gasteiger partial charge in [-0.3, -0.25) is 4.72 Å². The van der Waals surface area contributed by atoms with Gasteiger partial charge in [0.1, 0.15) is 5.75 Å². The van der Waals surface area contributed by atoms with Crippen molar-refractivity contribution >= 4 is 21.4 Å². The second-order valence-corrected chi connectivity index (χ2v) is 6.01. The van der Waals surface area contributed by atoms with Crippen LogP contribution in [0.3, 0.4) is 0 Å². The number of ether oxygens (including phenoxy) is 1. The van der Waals surface area contributed by atoms with E-state index in [9.17, 15) is 8.42 Å². The third kappa shape index (κ3) is 3.03. The molecule has 0 spiro atoms. The SMILES string of the molecule is COc1cccc(NS(=O)(=O)c2ccc(N)cc2C)c1. The van der Waals surface area contributed by atoms with Crippen LogP contribution in [0.1, 0.15) is 5.56 Å². The topological polar surface area (TPSA) is 81.4 Å². The maximum atomic E-state index is 12.3. The molecule has 0 aliphatic rings. The summed E-state index contributed by atoms with van der Waals surface area (Å²) in [6.45, 7) is 1.70. The Balaban J connectivity index is 2.35.